The Morgan fingerprint density at radius 1 is 1.35 bits per heavy atom. The van der Waals surface area contributed by atoms with Crippen LogP contribution in [0.5, 0.6) is 0 Å². The van der Waals surface area contributed by atoms with Crippen molar-refractivity contribution in [2.45, 2.75) is 12.6 Å². The van der Waals surface area contributed by atoms with Crippen molar-refractivity contribution < 1.29 is 5.11 Å². The lowest BCUT2D eigenvalue weighted by Crippen LogP contribution is -2.58. The van der Waals surface area contributed by atoms with Crippen molar-refractivity contribution in [1.29, 1.82) is 0 Å². The van der Waals surface area contributed by atoms with Gasteiger partial charge in [-0.25, -0.2) is 0 Å². The second-order valence-electron chi connectivity index (χ2n) is 5.22. The second kappa shape index (κ2) is 4.72. The highest BCUT2D eigenvalue weighted by molar-refractivity contribution is 5.09. The van der Waals surface area contributed by atoms with E-state index >= 15 is 0 Å². The molecule has 92 valence electrons. The van der Waals surface area contributed by atoms with Crippen LogP contribution in [0.1, 0.15) is 5.56 Å². The van der Waals surface area contributed by atoms with Crippen LogP contribution in [-0.4, -0.2) is 47.3 Å². The summed E-state index contributed by atoms with van der Waals surface area (Å²) in [4.78, 5) is 6.59. The van der Waals surface area contributed by atoms with Gasteiger partial charge in [-0.05, 0) is 11.6 Å². The third-order valence-corrected chi connectivity index (χ3v) is 3.89. The Morgan fingerprint density at radius 3 is 2.76 bits per heavy atom. The van der Waals surface area contributed by atoms with E-state index in [-0.39, 0.29) is 6.10 Å². The topological polar surface area (TPSA) is 48.4 Å². The molecule has 2 atom stereocenters. The fourth-order valence-electron chi connectivity index (χ4n) is 3.04. The van der Waals surface area contributed by atoms with Crippen molar-refractivity contribution in [2.24, 2.45) is 11.8 Å². The van der Waals surface area contributed by atoms with Crippen LogP contribution in [0.25, 0.3) is 0 Å². The number of hydrogen-bond acceptors (Lipinski definition) is 4. The molecular weight excluding hydrogens is 214 g/mol. The fourth-order valence-corrected chi connectivity index (χ4v) is 3.04. The monoisotopic (exact) mass is 233 g/mol. The first-order valence-corrected chi connectivity index (χ1v) is 6.33. The van der Waals surface area contributed by atoms with Gasteiger partial charge in [-0.3, -0.25) is 9.88 Å². The molecule has 17 heavy (non-hydrogen) atoms. The number of pyridine rings is 1. The van der Waals surface area contributed by atoms with E-state index in [1.165, 1.54) is 5.56 Å². The molecular formula is C13H19N3O. The summed E-state index contributed by atoms with van der Waals surface area (Å²) >= 11 is 0. The zero-order valence-electron chi connectivity index (χ0n) is 9.92. The van der Waals surface area contributed by atoms with Gasteiger partial charge in [-0.1, -0.05) is 6.07 Å². The number of aliphatic hydroxyl groups is 1. The largest absolute Gasteiger partial charge is 0.392 e. The first-order chi connectivity index (χ1) is 8.33. The SMILES string of the molecule is OC1C2CNCC1CN(Cc1cccnc1)C2. The zero-order valence-corrected chi connectivity index (χ0v) is 9.92. The number of hydrogen-bond donors (Lipinski definition) is 2. The summed E-state index contributed by atoms with van der Waals surface area (Å²) < 4.78 is 0. The summed E-state index contributed by atoms with van der Waals surface area (Å²) in [6, 6.07) is 4.10. The number of likely N-dealkylation sites (tertiary alicyclic amines) is 1. The van der Waals surface area contributed by atoms with Gasteiger partial charge in [-0.15, -0.1) is 0 Å². The van der Waals surface area contributed by atoms with E-state index in [9.17, 15) is 5.11 Å². The molecule has 3 rings (SSSR count). The third-order valence-electron chi connectivity index (χ3n) is 3.89. The van der Waals surface area contributed by atoms with Crippen LogP contribution in [0.4, 0.5) is 0 Å². The number of nitrogens with zero attached hydrogens (tertiary/aromatic N) is 2. The lowest BCUT2D eigenvalue weighted by Gasteiger charge is -2.45. The Morgan fingerprint density at radius 2 is 2.12 bits per heavy atom. The lowest BCUT2D eigenvalue weighted by atomic mass is 9.82. The van der Waals surface area contributed by atoms with Crippen LogP contribution in [0, 0.1) is 11.8 Å². The molecule has 4 heteroatoms. The quantitative estimate of drug-likeness (QED) is 0.760. The van der Waals surface area contributed by atoms with Crippen LogP contribution in [0.3, 0.4) is 0 Å². The van der Waals surface area contributed by atoms with Crippen LogP contribution in [0.2, 0.25) is 0 Å². The molecule has 0 radical (unpaired) electrons. The minimum Gasteiger partial charge on any atom is -0.392 e. The van der Waals surface area contributed by atoms with Crippen LogP contribution in [-0.2, 0) is 6.54 Å². The van der Waals surface area contributed by atoms with Crippen LogP contribution in [0.15, 0.2) is 24.5 Å². The van der Waals surface area contributed by atoms with Crippen molar-refractivity contribution >= 4 is 0 Å². The molecule has 2 unspecified atom stereocenters. The van der Waals surface area contributed by atoms with Crippen molar-refractivity contribution in [1.82, 2.24) is 15.2 Å². The first kappa shape index (κ1) is 11.1. The van der Waals surface area contributed by atoms with E-state index in [1.54, 1.807) is 0 Å². The van der Waals surface area contributed by atoms with Crippen molar-refractivity contribution in [3.63, 3.8) is 0 Å². The van der Waals surface area contributed by atoms with Gasteiger partial charge in [0, 0.05) is 57.0 Å². The molecule has 2 saturated heterocycles. The molecule has 2 N–H and O–H groups in total. The highest BCUT2D eigenvalue weighted by Crippen LogP contribution is 2.26. The maximum absolute atomic E-state index is 10.1. The molecule has 0 aliphatic carbocycles. The summed E-state index contributed by atoms with van der Waals surface area (Å²) in [5.74, 6) is 0.776. The van der Waals surface area contributed by atoms with Gasteiger partial charge in [0.1, 0.15) is 0 Å². The van der Waals surface area contributed by atoms with E-state index in [0.717, 1.165) is 32.7 Å². The Kier molecular flexibility index (Phi) is 3.09. The van der Waals surface area contributed by atoms with Gasteiger partial charge in [-0.2, -0.15) is 0 Å². The molecule has 2 aliphatic rings. The summed E-state index contributed by atoms with van der Waals surface area (Å²) in [7, 11) is 0. The molecule has 0 saturated carbocycles. The average molecular weight is 233 g/mol. The van der Waals surface area contributed by atoms with Crippen LogP contribution >= 0.6 is 0 Å². The van der Waals surface area contributed by atoms with Gasteiger partial charge in [0.05, 0.1) is 6.10 Å². The molecule has 3 heterocycles. The Bertz CT molecular complexity index is 356. The summed E-state index contributed by atoms with van der Waals surface area (Å²) in [6.07, 6.45) is 3.63. The van der Waals surface area contributed by atoms with E-state index in [2.05, 4.69) is 21.3 Å². The minimum atomic E-state index is -0.110. The fraction of sp³-hybridized carbons (Fsp3) is 0.615. The maximum atomic E-state index is 10.1. The standard InChI is InChI=1S/C13H19N3O/c17-13-11-5-15-6-12(13)9-16(8-11)7-10-2-1-3-14-4-10/h1-4,11-13,15,17H,5-9H2. The maximum Gasteiger partial charge on any atom is 0.0645 e. The predicted octanol–water partition coefficient (Wildman–Crippen LogP) is 0.0937. The Hall–Kier alpha value is -0.970. The number of fused-ring (bicyclic) bond motifs is 2. The number of rotatable bonds is 2. The van der Waals surface area contributed by atoms with E-state index in [4.69, 9.17) is 0 Å². The molecule has 2 bridgehead atoms. The number of piperidine rings is 2. The number of aromatic nitrogens is 1. The summed E-state index contributed by atoms with van der Waals surface area (Å²) in [6.45, 7) is 4.81. The minimum absolute atomic E-state index is 0.110. The van der Waals surface area contributed by atoms with E-state index < -0.39 is 0 Å². The molecule has 2 fully saturated rings. The average Bonchev–Trinajstić information content (AvgIpc) is 2.32. The second-order valence-corrected chi connectivity index (χ2v) is 5.22. The molecule has 4 nitrogen and oxygen atoms in total. The highest BCUT2D eigenvalue weighted by atomic mass is 16.3. The Labute approximate surface area is 102 Å². The van der Waals surface area contributed by atoms with Crippen molar-refractivity contribution in [3.8, 4) is 0 Å². The molecule has 2 aliphatic heterocycles. The highest BCUT2D eigenvalue weighted by Gasteiger charge is 2.38. The predicted molar refractivity (Wildman–Crippen MR) is 65.4 cm³/mol. The van der Waals surface area contributed by atoms with E-state index in [1.807, 2.05) is 18.5 Å². The summed E-state index contributed by atoms with van der Waals surface area (Å²) in [5, 5.41) is 13.5. The molecule has 1 aromatic rings. The van der Waals surface area contributed by atoms with Crippen molar-refractivity contribution in [3.05, 3.63) is 30.1 Å². The van der Waals surface area contributed by atoms with Gasteiger partial charge in [0.15, 0.2) is 0 Å². The van der Waals surface area contributed by atoms with Crippen molar-refractivity contribution in [2.75, 3.05) is 26.2 Å². The lowest BCUT2D eigenvalue weighted by molar-refractivity contribution is -0.0423. The van der Waals surface area contributed by atoms with Gasteiger partial charge < -0.3 is 10.4 Å². The van der Waals surface area contributed by atoms with Gasteiger partial charge in [0.25, 0.3) is 0 Å². The molecule has 0 aromatic carbocycles. The normalized spacial score (nSPS) is 33.6. The van der Waals surface area contributed by atoms with E-state index in [0.29, 0.717) is 11.8 Å². The smallest absolute Gasteiger partial charge is 0.0645 e. The van der Waals surface area contributed by atoms with Gasteiger partial charge in [0.2, 0.25) is 0 Å². The third kappa shape index (κ3) is 2.34. The molecule has 1 aromatic heterocycles. The zero-order chi connectivity index (χ0) is 11.7. The molecule has 0 spiro atoms. The Balaban J connectivity index is 1.66. The first-order valence-electron chi connectivity index (χ1n) is 6.33. The summed E-state index contributed by atoms with van der Waals surface area (Å²) in [5.41, 5.74) is 1.26. The molecule has 0 amide bonds. The number of nitrogens with one attached hydrogen (secondary N) is 1. The van der Waals surface area contributed by atoms with Crippen LogP contribution < -0.4 is 5.32 Å². The van der Waals surface area contributed by atoms with Gasteiger partial charge >= 0.3 is 0 Å². The number of aliphatic hydroxyl groups excluding tert-OH is 1.